The third-order valence-corrected chi connectivity index (χ3v) is 3.28. The Hall–Kier alpha value is -1.06. The fourth-order valence-electron chi connectivity index (χ4n) is 2.09. The van der Waals surface area contributed by atoms with Gasteiger partial charge in [-0.1, -0.05) is 23.7 Å². The minimum absolute atomic E-state index is 0.132. The molecular formula is C12H14ClNO2. The van der Waals surface area contributed by atoms with Crippen LogP contribution in [-0.2, 0) is 4.79 Å². The van der Waals surface area contributed by atoms with E-state index in [0.717, 1.165) is 12.1 Å². The number of carbonyl (C=O) groups is 1. The van der Waals surface area contributed by atoms with Crippen LogP contribution in [0.2, 0.25) is 5.02 Å². The molecule has 16 heavy (non-hydrogen) atoms. The van der Waals surface area contributed by atoms with Crippen LogP contribution in [0, 0.1) is 5.92 Å². The van der Waals surface area contributed by atoms with Crippen LogP contribution >= 0.6 is 11.6 Å². The number of hydrogen-bond acceptors (Lipinski definition) is 2. The number of carboxylic acid groups (broad SMARTS) is 1. The second kappa shape index (κ2) is 4.85. The third kappa shape index (κ3) is 2.54. The van der Waals surface area contributed by atoms with Gasteiger partial charge in [0.1, 0.15) is 0 Å². The number of rotatable bonds is 2. The summed E-state index contributed by atoms with van der Waals surface area (Å²) in [6.45, 7) is 0.754. The molecular weight excluding hydrogens is 226 g/mol. The van der Waals surface area contributed by atoms with Crippen molar-refractivity contribution in [2.24, 2.45) is 5.92 Å². The van der Waals surface area contributed by atoms with Gasteiger partial charge in [-0.15, -0.1) is 0 Å². The molecule has 4 heteroatoms. The first kappa shape index (κ1) is 11.4. The van der Waals surface area contributed by atoms with E-state index in [4.69, 9.17) is 16.7 Å². The molecule has 86 valence electrons. The van der Waals surface area contributed by atoms with Crippen molar-refractivity contribution in [2.45, 2.75) is 18.9 Å². The Morgan fingerprint density at radius 2 is 2.06 bits per heavy atom. The SMILES string of the molecule is O=C(O)C1CCNC(c2ccc(Cl)cc2)C1. The lowest BCUT2D eigenvalue weighted by Gasteiger charge is -2.28. The summed E-state index contributed by atoms with van der Waals surface area (Å²) in [7, 11) is 0. The van der Waals surface area contributed by atoms with E-state index in [-0.39, 0.29) is 12.0 Å². The molecule has 1 aliphatic rings. The summed E-state index contributed by atoms with van der Waals surface area (Å²) in [6, 6.07) is 7.70. The van der Waals surface area contributed by atoms with Gasteiger partial charge in [-0.2, -0.15) is 0 Å². The molecule has 1 aromatic carbocycles. The predicted molar refractivity (Wildman–Crippen MR) is 62.6 cm³/mol. The lowest BCUT2D eigenvalue weighted by atomic mass is 9.89. The van der Waals surface area contributed by atoms with Crippen LogP contribution in [0.25, 0.3) is 0 Å². The van der Waals surface area contributed by atoms with Crippen LogP contribution < -0.4 is 5.32 Å². The van der Waals surface area contributed by atoms with Crippen LogP contribution in [0.1, 0.15) is 24.4 Å². The summed E-state index contributed by atoms with van der Waals surface area (Å²) < 4.78 is 0. The molecule has 0 aromatic heterocycles. The standard InChI is InChI=1S/C12H14ClNO2/c13-10-3-1-8(2-4-10)11-7-9(12(15)16)5-6-14-11/h1-4,9,11,14H,5-7H2,(H,15,16). The van der Waals surface area contributed by atoms with E-state index in [1.807, 2.05) is 24.3 Å². The van der Waals surface area contributed by atoms with Gasteiger partial charge in [0, 0.05) is 11.1 Å². The van der Waals surface area contributed by atoms with Gasteiger partial charge in [0.05, 0.1) is 5.92 Å². The topological polar surface area (TPSA) is 49.3 Å². The molecule has 0 saturated carbocycles. The van der Waals surface area contributed by atoms with E-state index in [9.17, 15) is 4.79 Å². The molecule has 1 fully saturated rings. The number of aliphatic carboxylic acids is 1. The molecule has 1 aliphatic heterocycles. The van der Waals surface area contributed by atoms with Crippen molar-refractivity contribution in [3.05, 3.63) is 34.9 Å². The molecule has 2 N–H and O–H groups in total. The molecule has 0 spiro atoms. The van der Waals surface area contributed by atoms with E-state index in [1.165, 1.54) is 0 Å². The zero-order valence-corrected chi connectivity index (χ0v) is 9.57. The molecule has 0 amide bonds. The summed E-state index contributed by atoms with van der Waals surface area (Å²) in [5.74, 6) is -0.928. The summed E-state index contributed by atoms with van der Waals surface area (Å²) >= 11 is 5.82. The fraction of sp³-hybridized carbons (Fsp3) is 0.417. The van der Waals surface area contributed by atoms with E-state index in [2.05, 4.69) is 5.32 Å². The summed E-state index contributed by atoms with van der Waals surface area (Å²) in [5.41, 5.74) is 1.11. The number of piperidine rings is 1. The highest BCUT2D eigenvalue weighted by Crippen LogP contribution is 2.28. The molecule has 2 unspecified atom stereocenters. The fourth-order valence-corrected chi connectivity index (χ4v) is 2.22. The average Bonchev–Trinajstić information content (AvgIpc) is 2.30. The lowest BCUT2D eigenvalue weighted by Crippen LogP contribution is -2.34. The van der Waals surface area contributed by atoms with Gasteiger partial charge in [-0.05, 0) is 37.1 Å². The Morgan fingerprint density at radius 1 is 1.38 bits per heavy atom. The Kier molecular flexibility index (Phi) is 3.46. The highest BCUT2D eigenvalue weighted by molar-refractivity contribution is 6.30. The number of hydrogen-bond donors (Lipinski definition) is 2. The normalized spacial score (nSPS) is 25.3. The van der Waals surface area contributed by atoms with E-state index in [1.54, 1.807) is 0 Å². The second-order valence-corrected chi connectivity index (χ2v) is 4.55. The molecule has 2 rings (SSSR count). The van der Waals surface area contributed by atoms with Crippen LogP contribution in [0.3, 0.4) is 0 Å². The predicted octanol–water partition coefficient (Wildman–Crippen LogP) is 2.47. The van der Waals surface area contributed by atoms with E-state index >= 15 is 0 Å². The number of carboxylic acids is 1. The first-order valence-corrected chi connectivity index (χ1v) is 5.76. The van der Waals surface area contributed by atoms with Crippen LogP contribution in [-0.4, -0.2) is 17.6 Å². The highest BCUT2D eigenvalue weighted by Gasteiger charge is 2.27. The van der Waals surface area contributed by atoms with E-state index < -0.39 is 5.97 Å². The summed E-state index contributed by atoms with van der Waals surface area (Å²) in [5, 5.41) is 13.0. The number of halogens is 1. The van der Waals surface area contributed by atoms with Crippen molar-refractivity contribution >= 4 is 17.6 Å². The molecule has 0 bridgehead atoms. The minimum Gasteiger partial charge on any atom is -0.481 e. The molecule has 1 aromatic rings. The number of benzene rings is 1. The maximum atomic E-state index is 10.9. The largest absolute Gasteiger partial charge is 0.481 e. The van der Waals surface area contributed by atoms with Gasteiger partial charge in [-0.3, -0.25) is 4.79 Å². The maximum Gasteiger partial charge on any atom is 0.306 e. The van der Waals surface area contributed by atoms with Crippen LogP contribution in [0.5, 0.6) is 0 Å². The Morgan fingerprint density at radius 3 is 2.69 bits per heavy atom. The smallest absolute Gasteiger partial charge is 0.306 e. The Labute approximate surface area is 99.4 Å². The highest BCUT2D eigenvalue weighted by atomic mass is 35.5. The zero-order chi connectivity index (χ0) is 11.5. The summed E-state index contributed by atoms with van der Waals surface area (Å²) in [6.07, 6.45) is 1.36. The molecule has 2 atom stereocenters. The van der Waals surface area contributed by atoms with Gasteiger partial charge in [0.2, 0.25) is 0 Å². The van der Waals surface area contributed by atoms with Crippen molar-refractivity contribution in [2.75, 3.05) is 6.54 Å². The van der Waals surface area contributed by atoms with Crippen molar-refractivity contribution in [1.82, 2.24) is 5.32 Å². The number of nitrogens with one attached hydrogen (secondary N) is 1. The maximum absolute atomic E-state index is 10.9. The van der Waals surface area contributed by atoms with Gasteiger partial charge in [-0.25, -0.2) is 0 Å². The van der Waals surface area contributed by atoms with Crippen molar-refractivity contribution < 1.29 is 9.90 Å². The van der Waals surface area contributed by atoms with Crippen LogP contribution in [0.4, 0.5) is 0 Å². The van der Waals surface area contributed by atoms with Gasteiger partial charge >= 0.3 is 5.97 Å². The molecule has 3 nitrogen and oxygen atoms in total. The minimum atomic E-state index is -0.694. The van der Waals surface area contributed by atoms with Crippen LogP contribution in [0.15, 0.2) is 24.3 Å². The van der Waals surface area contributed by atoms with Crippen molar-refractivity contribution in [3.63, 3.8) is 0 Å². The molecule has 1 heterocycles. The van der Waals surface area contributed by atoms with Gasteiger partial charge in [0.25, 0.3) is 0 Å². The Bertz CT molecular complexity index is 377. The lowest BCUT2D eigenvalue weighted by molar-refractivity contribution is -0.143. The average molecular weight is 240 g/mol. The third-order valence-electron chi connectivity index (χ3n) is 3.03. The van der Waals surface area contributed by atoms with Crippen molar-refractivity contribution in [3.8, 4) is 0 Å². The molecule has 0 aliphatic carbocycles. The molecule has 0 radical (unpaired) electrons. The van der Waals surface area contributed by atoms with Gasteiger partial charge < -0.3 is 10.4 Å². The van der Waals surface area contributed by atoms with E-state index in [0.29, 0.717) is 17.9 Å². The second-order valence-electron chi connectivity index (χ2n) is 4.12. The molecule has 1 saturated heterocycles. The first-order valence-electron chi connectivity index (χ1n) is 5.38. The zero-order valence-electron chi connectivity index (χ0n) is 8.82. The van der Waals surface area contributed by atoms with Crippen molar-refractivity contribution in [1.29, 1.82) is 0 Å². The monoisotopic (exact) mass is 239 g/mol. The first-order chi connectivity index (χ1) is 7.66. The summed E-state index contributed by atoms with van der Waals surface area (Å²) in [4.78, 5) is 10.9. The van der Waals surface area contributed by atoms with Gasteiger partial charge in [0.15, 0.2) is 0 Å². The quantitative estimate of drug-likeness (QED) is 0.834. The Balaban J connectivity index is 2.09.